The van der Waals surface area contributed by atoms with Crippen molar-refractivity contribution in [2.24, 2.45) is 4.99 Å². The van der Waals surface area contributed by atoms with Gasteiger partial charge in [-0.15, -0.1) is 0 Å². The average molecular weight is 385 g/mol. The second kappa shape index (κ2) is 8.41. The number of aromatic nitrogens is 2. The topological polar surface area (TPSA) is 74.0 Å². The number of likely N-dealkylation sites (N-methyl/N-ethyl adjacent to an activating group) is 1. The Morgan fingerprint density at radius 2 is 2.11 bits per heavy atom. The summed E-state index contributed by atoms with van der Waals surface area (Å²) in [6.45, 7) is 2.38. The van der Waals surface area contributed by atoms with Crippen LogP contribution in [-0.4, -0.2) is 69.4 Å². The van der Waals surface area contributed by atoms with E-state index in [1.807, 2.05) is 54.6 Å². The molecule has 1 aliphatic heterocycles. The SMILES string of the molecule is CC1=C(C(=O)N(C)C)SC(C=Nc2ccc(-n3cccn3)cc2)N1CCO. The van der Waals surface area contributed by atoms with Gasteiger partial charge in [-0.1, -0.05) is 11.8 Å². The van der Waals surface area contributed by atoms with Gasteiger partial charge < -0.3 is 14.9 Å². The van der Waals surface area contributed by atoms with Gasteiger partial charge in [0.05, 0.1) is 22.9 Å². The lowest BCUT2D eigenvalue weighted by atomic mass is 10.3. The molecule has 1 atom stereocenters. The van der Waals surface area contributed by atoms with Gasteiger partial charge in [0.15, 0.2) is 0 Å². The van der Waals surface area contributed by atoms with Crippen LogP contribution < -0.4 is 0 Å². The van der Waals surface area contributed by atoms with Crippen molar-refractivity contribution >= 4 is 29.6 Å². The van der Waals surface area contributed by atoms with E-state index in [1.165, 1.54) is 11.8 Å². The minimum atomic E-state index is -0.123. The first kappa shape index (κ1) is 19.2. The van der Waals surface area contributed by atoms with Crippen molar-refractivity contribution in [1.29, 1.82) is 0 Å². The van der Waals surface area contributed by atoms with Crippen LogP contribution in [0.2, 0.25) is 0 Å². The van der Waals surface area contributed by atoms with Crippen molar-refractivity contribution in [3.8, 4) is 5.69 Å². The summed E-state index contributed by atoms with van der Waals surface area (Å²) in [5.41, 5.74) is 2.66. The molecule has 1 N–H and O–H groups in total. The molecule has 2 heterocycles. The van der Waals surface area contributed by atoms with Crippen LogP contribution in [0.25, 0.3) is 5.69 Å². The minimum Gasteiger partial charge on any atom is -0.395 e. The maximum atomic E-state index is 12.4. The molecule has 1 aliphatic rings. The molecule has 142 valence electrons. The van der Waals surface area contributed by atoms with E-state index >= 15 is 0 Å². The third kappa shape index (κ3) is 4.23. The molecule has 1 aromatic heterocycles. The molecule has 1 unspecified atom stereocenters. The number of rotatable bonds is 6. The van der Waals surface area contributed by atoms with Crippen LogP contribution in [0, 0.1) is 0 Å². The van der Waals surface area contributed by atoms with Crippen molar-refractivity contribution in [3.05, 3.63) is 53.3 Å². The molecule has 0 saturated carbocycles. The Morgan fingerprint density at radius 1 is 1.37 bits per heavy atom. The molecule has 0 saturated heterocycles. The maximum absolute atomic E-state index is 12.4. The Balaban J connectivity index is 1.75. The first-order chi connectivity index (χ1) is 13.0. The fraction of sp³-hybridized carbons (Fsp3) is 0.316. The van der Waals surface area contributed by atoms with E-state index in [0.29, 0.717) is 11.4 Å². The highest BCUT2D eigenvalue weighted by Gasteiger charge is 2.32. The monoisotopic (exact) mass is 385 g/mol. The van der Waals surface area contributed by atoms with E-state index in [4.69, 9.17) is 0 Å². The molecule has 8 heteroatoms. The highest BCUT2D eigenvalue weighted by Crippen LogP contribution is 2.38. The highest BCUT2D eigenvalue weighted by atomic mass is 32.2. The van der Waals surface area contributed by atoms with Gasteiger partial charge in [-0.3, -0.25) is 9.79 Å². The minimum absolute atomic E-state index is 0.0181. The molecular weight excluding hydrogens is 362 g/mol. The van der Waals surface area contributed by atoms with Crippen molar-refractivity contribution in [3.63, 3.8) is 0 Å². The van der Waals surface area contributed by atoms with Crippen LogP contribution in [0.1, 0.15) is 6.92 Å². The third-order valence-electron chi connectivity index (χ3n) is 4.22. The number of thioether (sulfide) groups is 1. The molecule has 0 radical (unpaired) electrons. The average Bonchev–Trinajstić information content (AvgIpc) is 3.30. The second-order valence-corrected chi connectivity index (χ2v) is 7.41. The van der Waals surface area contributed by atoms with E-state index in [2.05, 4.69) is 10.1 Å². The Morgan fingerprint density at radius 3 is 2.70 bits per heavy atom. The van der Waals surface area contributed by atoms with Crippen LogP contribution in [-0.2, 0) is 4.79 Å². The number of hydrogen-bond acceptors (Lipinski definition) is 6. The lowest BCUT2D eigenvalue weighted by molar-refractivity contribution is -0.124. The molecule has 2 aromatic rings. The number of nitrogens with zero attached hydrogens (tertiary/aromatic N) is 5. The lowest BCUT2D eigenvalue weighted by Gasteiger charge is -2.23. The van der Waals surface area contributed by atoms with Gasteiger partial charge in [0.25, 0.3) is 5.91 Å². The zero-order chi connectivity index (χ0) is 19.4. The molecule has 1 amide bonds. The summed E-state index contributed by atoms with van der Waals surface area (Å²) in [5.74, 6) is -0.0279. The quantitative estimate of drug-likeness (QED) is 0.772. The van der Waals surface area contributed by atoms with Gasteiger partial charge in [0, 0.05) is 44.9 Å². The summed E-state index contributed by atoms with van der Waals surface area (Å²) in [6.07, 6.45) is 5.45. The summed E-state index contributed by atoms with van der Waals surface area (Å²) in [6, 6.07) is 9.64. The second-order valence-electron chi connectivity index (χ2n) is 6.28. The number of aliphatic hydroxyl groups excluding tert-OH is 1. The Labute approximate surface area is 163 Å². The predicted molar refractivity (Wildman–Crippen MR) is 108 cm³/mol. The highest BCUT2D eigenvalue weighted by molar-refractivity contribution is 8.05. The molecule has 3 rings (SSSR count). The van der Waals surface area contributed by atoms with Crippen LogP contribution >= 0.6 is 11.8 Å². The summed E-state index contributed by atoms with van der Waals surface area (Å²) in [5, 5.41) is 13.5. The number of amides is 1. The number of carbonyl (C=O) groups is 1. The molecule has 0 bridgehead atoms. The Bertz CT molecular complexity index is 843. The molecule has 1 aromatic carbocycles. The number of aliphatic hydroxyl groups is 1. The predicted octanol–water partition coefficient (Wildman–Crippen LogP) is 2.26. The largest absolute Gasteiger partial charge is 0.395 e. The van der Waals surface area contributed by atoms with E-state index < -0.39 is 0 Å². The van der Waals surface area contributed by atoms with Crippen molar-refractivity contribution in [2.75, 3.05) is 27.2 Å². The summed E-state index contributed by atoms with van der Waals surface area (Å²) in [4.78, 5) is 21.2. The number of carbonyl (C=O) groups excluding carboxylic acids is 1. The molecule has 27 heavy (non-hydrogen) atoms. The summed E-state index contributed by atoms with van der Waals surface area (Å²) >= 11 is 1.46. The van der Waals surface area contributed by atoms with Crippen molar-refractivity contribution in [2.45, 2.75) is 12.3 Å². The van der Waals surface area contributed by atoms with Gasteiger partial charge in [0.2, 0.25) is 0 Å². The summed E-state index contributed by atoms with van der Waals surface area (Å²) in [7, 11) is 3.48. The van der Waals surface area contributed by atoms with E-state index in [-0.39, 0.29) is 17.9 Å². The number of allylic oxidation sites excluding steroid dienone is 1. The van der Waals surface area contributed by atoms with Gasteiger partial charge >= 0.3 is 0 Å². The fourth-order valence-electron chi connectivity index (χ4n) is 2.78. The van der Waals surface area contributed by atoms with Crippen molar-refractivity contribution in [1.82, 2.24) is 19.6 Å². The maximum Gasteiger partial charge on any atom is 0.261 e. The number of aliphatic imine (C=N–C) groups is 1. The standard InChI is InChI=1S/C19H23N5O2S/c1-14-18(19(26)22(2)3)27-17(23(14)11-12-25)13-20-15-5-7-16(8-6-15)24-10-4-9-21-24/h4-10,13,17,25H,11-12H2,1-3H3. The van der Waals surface area contributed by atoms with Gasteiger partial charge in [-0.2, -0.15) is 5.10 Å². The molecular formula is C19H23N5O2S. The fourth-order valence-corrected chi connectivity index (χ4v) is 4.10. The van der Waals surface area contributed by atoms with Gasteiger partial charge in [0.1, 0.15) is 5.37 Å². The zero-order valence-corrected chi connectivity index (χ0v) is 16.4. The van der Waals surface area contributed by atoms with E-state index in [1.54, 1.807) is 29.9 Å². The number of benzene rings is 1. The van der Waals surface area contributed by atoms with Crippen LogP contribution in [0.15, 0.2) is 58.3 Å². The number of hydrogen-bond donors (Lipinski definition) is 1. The van der Waals surface area contributed by atoms with E-state index in [9.17, 15) is 9.90 Å². The first-order valence-corrected chi connectivity index (χ1v) is 9.50. The van der Waals surface area contributed by atoms with Crippen molar-refractivity contribution < 1.29 is 9.90 Å². The van der Waals surface area contributed by atoms with Gasteiger partial charge in [-0.05, 0) is 37.3 Å². The Hall–Kier alpha value is -2.58. The number of β-amino-alcohol motifs (C(OH)–C–C–N with tert-alkyl or cyclic N) is 1. The Kier molecular flexibility index (Phi) is 5.98. The van der Waals surface area contributed by atoms with Gasteiger partial charge in [-0.25, -0.2) is 4.68 Å². The zero-order valence-electron chi connectivity index (χ0n) is 15.6. The normalized spacial score (nSPS) is 17.2. The smallest absolute Gasteiger partial charge is 0.261 e. The molecule has 0 spiro atoms. The summed E-state index contributed by atoms with van der Waals surface area (Å²) < 4.78 is 1.79. The molecule has 0 aliphatic carbocycles. The van der Waals surface area contributed by atoms with E-state index in [0.717, 1.165) is 17.1 Å². The van der Waals surface area contributed by atoms with Crippen LogP contribution in [0.3, 0.4) is 0 Å². The first-order valence-electron chi connectivity index (χ1n) is 8.62. The van der Waals surface area contributed by atoms with Crippen LogP contribution in [0.5, 0.6) is 0 Å². The lowest BCUT2D eigenvalue weighted by Crippen LogP contribution is -2.31. The molecule has 7 nitrogen and oxygen atoms in total. The van der Waals surface area contributed by atoms with Crippen LogP contribution in [0.4, 0.5) is 5.69 Å². The molecule has 0 fully saturated rings. The third-order valence-corrected chi connectivity index (χ3v) is 5.54.